The molecule has 0 fully saturated rings. The number of pyridine rings is 1. The quantitative estimate of drug-likeness (QED) is 0.248. The fourth-order valence-electron chi connectivity index (χ4n) is 3.79. The zero-order valence-corrected chi connectivity index (χ0v) is 23.3. The lowest BCUT2D eigenvalue weighted by atomic mass is 9.92. The monoisotopic (exact) mass is 542 g/mol. The van der Waals surface area contributed by atoms with Crippen molar-refractivity contribution in [1.29, 1.82) is 0 Å². The Morgan fingerprint density at radius 1 is 1.10 bits per heavy atom. The molecule has 0 bridgehead atoms. The highest BCUT2D eigenvalue weighted by atomic mass is 19.1. The number of benzene rings is 2. The molecule has 3 rings (SSSR count). The molecule has 9 nitrogen and oxygen atoms in total. The van der Waals surface area contributed by atoms with Crippen LogP contribution in [0.1, 0.15) is 33.6 Å². The molecule has 212 valence electrons. The third-order valence-electron chi connectivity index (χ3n) is 5.99. The first kappa shape index (κ1) is 29.9. The van der Waals surface area contributed by atoms with E-state index in [4.69, 9.17) is 19.3 Å². The van der Waals surface area contributed by atoms with E-state index in [9.17, 15) is 9.18 Å². The second-order valence-corrected chi connectivity index (χ2v) is 10.5. The Labute approximate surface area is 229 Å². The van der Waals surface area contributed by atoms with Gasteiger partial charge in [0.25, 0.3) is 0 Å². The van der Waals surface area contributed by atoms with Crippen molar-refractivity contribution in [3.05, 3.63) is 48.4 Å². The third kappa shape index (κ3) is 9.26. The highest BCUT2D eigenvalue weighted by Crippen LogP contribution is 2.37. The summed E-state index contributed by atoms with van der Waals surface area (Å²) in [4.78, 5) is 18.6. The molecule has 0 aliphatic heterocycles. The molecule has 10 heteroatoms. The number of carbonyl (C=O) groups excluding carboxylic acids is 1. The van der Waals surface area contributed by atoms with E-state index in [-0.39, 0.29) is 23.5 Å². The first-order valence-electron chi connectivity index (χ1n) is 13.0. The highest BCUT2D eigenvalue weighted by Gasteiger charge is 2.15. The van der Waals surface area contributed by atoms with Gasteiger partial charge in [-0.15, -0.1) is 0 Å². The van der Waals surface area contributed by atoms with E-state index in [1.165, 1.54) is 12.1 Å². The van der Waals surface area contributed by atoms with Crippen molar-refractivity contribution in [3.63, 3.8) is 0 Å². The van der Waals surface area contributed by atoms with Crippen molar-refractivity contribution in [3.8, 4) is 23.0 Å². The Morgan fingerprint density at radius 2 is 1.90 bits per heavy atom. The van der Waals surface area contributed by atoms with Gasteiger partial charge in [0, 0.05) is 43.4 Å². The van der Waals surface area contributed by atoms with E-state index < -0.39 is 11.8 Å². The van der Waals surface area contributed by atoms with E-state index in [2.05, 4.69) is 36.4 Å². The van der Waals surface area contributed by atoms with Crippen molar-refractivity contribution in [1.82, 2.24) is 15.2 Å². The molecule has 2 amide bonds. The zero-order valence-electron chi connectivity index (χ0n) is 23.3. The lowest BCUT2D eigenvalue weighted by Crippen LogP contribution is -2.31. The van der Waals surface area contributed by atoms with E-state index >= 15 is 0 Å². The molecule has 0 atom stereocenters. The standard InChI is InChI=1S/C29H39FN4O5/c1-29(2,3)10-12-32-28(36)33-23-8-7-20(17-22(23)30)39-25-9-11-31-24-19-27(26(37-5)18-21(24)25)38-16-6-13-34(4)14-15-35/h7-9,11,17-19,35H,6,10,12-16H2,1-5H3,(H2,32,33,36). The number of rotatable bonds is 13. The molecule has 0 saturated heterocycles. The summed E-state index contributed by atoms with van der Waals surface area (Å²) in [5.41, 5.74) is 0.776. The first-order chi connectivity index (χ1) is 18.6. The van der Waals surface area contributed by atoms with Crippen molar-refractivity contribution >= 4 is 22.6 Å². The highest BCUT2D eigenvalue weighted by molar-refractivity contribution is 5.90. The summed E-state index contributed by atoms with van der Waals surface area (Å²) in [7, 11) is 3.50. The number of nitrogens with one attached hydrogen (secondary N) is 2. The summed E-state index contributed by atoms with van der Waals surface area (Å²) in [6.45, 7) is 8.75. The number of aliphatic hydroxyl groups excluding tert-OH is 1. The second kappa shape index (κ2) is 14.0. The fraction of sp³-hybridized carbons (Fsp3) is 0.448. The summed E-state index contributed by atoms with van der Waals surface area (Å²) >= 11 is 0. The molecule has 0 aliphatic carbocycles. The lowest BCUT2D eigenvalue weighted by Gasteiger charge is -2.18. The Bertz CT molecular complexity index is 1250. The molecule has 0 spiro atoms. The van der Waals surface area contributed by atoms with Crippen LogP contribution in [0.5, 0.6) is 23.0 Å². The minimum Gasteiger partial charge on any atom is -0.493 e. The average molecular weight is 543 g/mol. The maximum atomic E-state index is 14.8. The lowest BCUT2D eigenvalue weighted by molar-refractivity contribution is 0.206. The molecule has 0 saturated carbocycles. The van der Waals surface area contributed by atoms with Crippen LogP contribution in [0.2, 0.25) is 0 Å². The van der Waals surface area contributed by atoms with Crippen LogP contribution in [0.15, 0.2) is 42.6 Å². The summed E-state index contributed by atoms with van der Waals surface area (Å²) < 4.78 is 32.2. The topological polar surface area (TPSA) is 105 Å². The molecule has 0 radical (unpaired) electrons. The number of amides is 2. The Morgan fingerprint density at radius 3 is 2.59 bits per heavy atom. The normalized spacial score (nSPS) is 11.5. The molecule has 1 aromatic heterocycles. The number of nitrogens with zero attached hydrogens (tertiary/aromatic N) is 2. The van der Waals surface area contributed by atoms with Crippen LogP contribution in [-0.4, -0.2) is 68.0 Å². The van der Waals surface area contributed by atoms with Gasteiger partial charge >= 0.3 is 6.03 Å². The minimum atomic E-state index is -0.616. The molecule has 1 heterocycles. The Hall–Kier alpha value is -3.63. The number of carbonyl (C=O) groups is 1. The van der Waals surface area contributed by atoms with Crippen LogP contribution < -0.4 is 24.8 Å². The number of fused-ring (bicyclic) bond motifs is 1. The van der Waals surface area contributed by atoms with Crippen LogP contribution in [-0.2, 0) is 0 Å². The van der Waals surface area contributed by atoms with Crippen molar-refractivity contribution in [2.45, 2.75) is 33.6 Å². The zero-order chi connectivity index (χ0) is 28.4. The summed E-state index contributed by atoms with van der Waals surface area (Å²) in [5, 5.41) is 15.0. The van der Waals surface area contributed by atoms with Crippen molar-refractivity contribution < 1.29 is 28.5 Å². The van der Waals surface area contributed by atoms with E-state index in [0.717, 1.165) is 19.4 Å². The van der Waals surface area contributed by atoms with Gasteiger partial charge < -0.3 is 34.9 Å². The predicted octanol–water partition coefficient (Wildman–Crippen LogP) is 5.43. The minimum absolute atomic E-state index is 0.0567. The average Bonchev–Trinajstić information content (AvgIpc) is 2.87. The number of hydrogen-bond acceptors (Lipinski definition) is 7. The molecule has 0 unspecified atom stereocenters. The van der Waals surface area contributed by atoms with Crippen LogP contribution >= 0.6 is 0 Å². The van der Waals surface area contributed by atoms with E-state index in [0.29, 0.717) is 47.8 Å². The summed E-state index contributed by atoms with van der Waals surface area (Å²) in [5.74, 6) is 1.20. The van der Waals surface area contributed by atoms with Crippen LogP contribution in [0.4, 0.5) is 14.9 Å². The van der Waals surface area contributed by atoms with Crippen molar-refractivity contribution in [2.24, 2.45) is 5.41 Å². The second-order valence-electron chi connectivity index (χ2n) is 10.5. The summed E-state index contributed by atoms with van der Waals surface area (Å²) in [6, 6.07) is 9.05. The molecular weight excluding hydrogens is 503 g/mol. The number of likely N-dealkylation sites (N-methyl/N-ethyl adjacent to an activating group) is 1. The molecule has 2 aromatic carbocycles. The maximum Gasteiger partial charge on any atom is 0.319 e. The number of anilines is 1. The van der Waals surface area contributed by atoms with Gasteiger partial charge in [-0.2, -0.15) is 0 Å². The van der Waals surface area contributed by atoms with Gasteiger partial charge in [-0.3, -0.25) is 4.98 Å². The number of aliphatic hydroxyl groups is 1. The predicted molar refractivity (Wildman–Crippen MR) is 151 cm³/mol. The number of ether oxygens (including phenoxy) is 3. The number of aromatic nitrogens is 1. The fourth-order valence-corrected chi connectivity index (χ4v) is 3.79. The smallest absolute Gasteiger partial charge is 0.319 e. The number of hydrogen-bond donors (Lipinski definition) is 3. The van der Waals surface area contributed by atoms with Crippen LogP contribution in [0.3, 0.4) is 0 Å². The Balaban J connectivity index is 1.68. The summed E-state index contributed by atoms with van der Waals surface area (Å²) in [6.07, 6.45) is 3.19. The van der Waals surface area contributed by atoms with Gasteiger partial charge in [-0.1, -0.05) is 20.8 Å². The molecule has 3 aromatic rings. The molecular formula is C29H39FN4O5. The number of urea groups is 1. The number of methoxy groups -OCH3 is 1. The van der Waals surface area contributed by atoms with Crippen LogP contribution in [0, 0.1) is 11.2 Å². The SMILES string of the molecule is COc1cc2c(Oc3ccc(NC(=O)NCCC(C)(C)C)c(F)c3)ccnc2cc1OCCCN(C)CCO. The van der Waals surface area contributed by atoms with Gasteiger partial charge in [0.1, 0.15) is 17.3 Å². The van der Waals surface area contributed by atoms with Gasteiger partial charge in [0.05, 0.1) is 31.5 Å². The van der Waals surface area contributed by atoms with Crippen molar-refractivity contribution in [2.75, 3.05) is 52.3 Å². The van der Waals surface area contributed by atoms with Crippen LogP contribution in [0.25, 0.3) is 10.9 Å². The molecule has 39 heavy (non-hydrogen) atoms. The first-order valence-corrected chi connectivity index (χ1v) is 13.0. The Kier molecular flexibility index (Phi) is 10.7. The van der Waals surface area contributed by atoms with E-state index in [1.54, 1.807) is 37.6 Å². The van der Waals surface area contributed by atoms with E-state index in [1.807, 2.05) is 11.9 Å². The van der Waals surface area contributed by atoms with Gasteiger partial charge in [0.15, 0.2) is 11.5 Å². The van der Waals surface area contributed by atoms with Gasteiger partial charge in [0.2, 0.25) is 0 Å². The maximum absolute atomic E-state index is 14.8. The number of halogens is 1. The largest absolute Gasteiger partial charge is 0.493 e. The molecule has 0 aliphatic rings. The molecule has 3 N–H and O–H groups in total. The van der Waals surface area contributed by atoms with Gasteiger partial charge in [-0.25, -0.2) is 9.18 Å². The third-order valence-corrected chi connectivity index (χ3v) is 5.99. The van der Waals surface area contributed by atoms with Gasteiger partial charge in [-0.05, 0) is 49.6 Å².